The molecule has 1 unspecified atom stereocenters. The summed E-state index contributed by atoms with van der Waals surface area (Å²) in [5.41, 5.74) is 5.29. The van der Waals surface area contributed by atoms with Crippen LogP contribution >= 0.6 is 0 Å². The number of aryl methyl sites for hydroxylation is 2. The van der Waals surface area contributed by atoms with Gasteiger partial charge in [0.1, 0.15) is 24.3 Å². The molecular formula is C15H19FN2O2. The van der Waals surface area contributed by atoms with Crippen LogP contribution in [0.2, 0.25) is 0 Å². The summed E-state index contributed by atoms with van der Waals surface area (Å²) in [5, 5.41) is 9.87. The Kier molecular flexibility index (Phi) is 4.63. The van der Waals surface area contributed by atoms with Crippen LogP contribution in [-0.2, 0) is 0 Å². The number of ether oxygens (including phenoxy) is 1. The van der Waals surface area contributed by atoms with Gasteiger partial charge in [0, 0.05) is 11.4 Å². The zero-order chi connectivity index (χ0) is 14.5. The van der Waals surface area contributed by atoms with Gasteiger partial charge in [-0.05, 0) is 50.2 Å². The molecule has 1 atom stereocenters. The van der Waals surface area contributed by atoms with Crippen LogP contribution in [0.3, 0.4) is 0 Å². The molecule has 0 fully saturated rings. The summed E-state index contributed by atoms with van der Waals surface area (Å²) in [6, 6.07) is 9.73. The molecule has 2 aromatic rings. The normalized spacial score (nSPS) is 12.2. The van der Waals surface area contributed by atoms with Gasteiger partial charge in [-0.25, -0.2) is 4.39 Å². The van der Waals surface area contributed by atoms with Crippen molar-refractivity contribution in [2.24, 2.45) is 0 Å². The lowest BCUT2D eigenvalue weighted by atomic mass is 10.3. The molecule has 0 bridgehead atoms. The van der Waals surface area contributed by atoms with Gasteiger partial charge in [-0.2, -0.15) is 0 Å². The Morgan fingerprint density at radius 1 is 1.15 bits per heavy atom. The Labute approximate surface area is 117 Å². The summed E-state index contributed by atoms with van der Waals surface area (Å²) in [7, 11) is 0. The molecule has 1 aromatic carbocycles. The average molecular weight is 278 g/mol. The van der Waals surface area contributed by atoms with Crippen molar-refractivity contribution in [2.45, 2.75) is 20.0 Å². The van der Waals surface area contributed by atoms with Crippen molar-refractivity contribution in [3.8, 4) is 5.75 Å². The molecule has 0 saturated heterocycles. The maximum atomic E-state index is 12.7. The maximum Gasteiger partial charge on any atom is 0.123 e. The Hall–Kier alpha value is -2.01. The minimum Gasteiger partial charge on any atom is -0.491 e. The van der Waals surface area contributed by atoms with E-state index in [1.54, 1.807) is 0 Å². The largest absolute Gasteiger partial charge is 0.491 e. The lowest BCUT2D eigenvalue weighted by Crippen LogP contribution is -2.31. The highest BCUT2D eigenvalue weighted by molar-refractivity contribution is 5.22. The number of aliphatic hydroxyl groups excluding tert-OH is 1. The van der Waals surface area contributed by atoms with Gasteiger partial charge in [0.15, 0.2) is 0 Å². The molecule has 0 aliphatic heterocycles. The number of nitrogens with one attached hydrogen (secondary N) is 1. The van der Waals surface area contributed by atoms with E-state index in [-0.39, 0.29) is 12.4 Å². The number of hydrogen-bond donors (Lipinski definition) is 2. The average Bonchev–Trinajstić information content (AvgIpc) is 2.75. The van der Waals surface area contributed by atoms with Crippen LogP contribution in [0.25, 0.3) is 0 Å². The Morgan fingerprint density at radius 2 is 1.75 bits per heavy atom. The predicted octanol–water partition coefficient (Wildman–Crippen LogP) is 2.23. The van der Waals surface area contributed by atoms with Gasteiger partial charge in [0.05, 0.1) is 6.54 Å². The van der Waals surface area contributed by atoms with Crippen molar-refractivity contribution in [1.82, 2.24) is 4.68 Å². The molecule has 0 spiro atoms. The first kappa shape index (κ1) is 14.4. The van der Waals surface area contributed by atoms with Gasteiger partial charge in [-0.15, -0.1) is 0 Å². The summed E-state index contributed by atoms with van der Waals surface area (Å²) >= 11 is 0. The molecule has 108 valence electrons. The van der Waals surface area contributed by atoms with Crippen LogP contribution < -0.4 is 10.2 Å². The molecule has 5 heteroatoms. The second-order valence-electron chi connectivity index (χ2n) is 4.73. The lowest BCUT2D eigenvalue weighted by Gasteiger charge is -2.17. The molecule has 2 rings (SSSR count). The minimum atomic E-state index is -0.652. The third-order valence-electron chi connectivity index (χ3n) is 3.01. The highest BCUT2D eigenvalue weighted by atomic mass is 19.1. The van der Waals surface area contributed by atoms with Crippen LogP contribution in [0.15, 0.2) is 36.4 Å². The van der Waals surface area contributed by atoms with E-state index in [2.05, 4.69) is 5.43 Å². The number of aliphatic hydroxyl groups is 1. The molecule has 2 N–H and O–H groups in total. The molecule has 0 radical (unpaired) electrons. The highest BCUT2D eigenvalue weighted by Gasteiger charge is 2.07. The SMILES string of the molecule is Cc1ccc(C)n1NCC(O)COc1ccc(F)cc1. The molecule has 0 saturated carbocycles. The molecule has 4 nitrogen and oxygen atoms in total. The standard InChI is InChI=1S/C15H19FN2O2/c1-11-3-4-12(2)18(11)17-9-14(19)10-20-15-7-5-13(16)6-8-15/h3-8,14,17,19H,9-10H2,1-2H3. The number of hydrogen-bond acceptors (Lipinski definition) is 3. The minimum absolute atomic E-state index is 0.151. The molecular weight excluding hydrogens is 259 g/mol. The summed E-state index contributed by atoms with van der Waals surface area (Å²) in [6.07, 6.45) is -0.652. The molecule has 1 aromatic heterocycles. The molecule has 20 heavy (non-hydrogen) atoms. The summed E-state index contributed by atoms with van der Waals surface area (Å²) in [5.74, 6) is 0.233. The van der Waals surface area contributed by atoms with Crippen molar-refractivity contribution in [3.63, 3.8) is 0 Å². The molecule has 0 aliphatic rings. The van der Waals surface area contributed by atoms with Gasteiger partial charge in [-0.1, -0.05) is 0 Å². The predicted molar refractivity (Wildman–Crippen MR) is 76.0 cm³/mol. The van der Waals surface area contributed by atoms with E-state index in [0.717, 1.165) is 11.4 Å². The second kappa shape index (κ2) is 6.43. The van der Waals surface area contributed by atoms with E-state index in [0.29, 0.717) is 12.3 Å². The van der Waals surface area contributed by atoms with Crippen LogP contribution in [0, 0.1) is 19.7 Å². The van der Waals surface area contributed by atoms with Gasteiger partial charge in [-0.3, -0.25) is 4.68 Å². The van der Waals surface area contributed by atoms with Gasteiger partial charge in [0.2, 0.25) is 0 Å². The van der Waals surface area contributed by atoms with Gasteiger partial charge in [0.25, 0.3) is 0 Å². The van der Waals surface area contributed by atoms with Crippen LogP contribution in [0.5, 0.6) is 5.75 Å². The maximum absolute atomic E-state index is 12.7. The van der Waals surface area contributed by atoms with Crippen molar-refractivity contribution in [2.75, 3.05) is 18.6 Å². The number of halogens is 1. The van der Waals surface area contributed by atoms with Crippen molar-refractivity contribution < 1.29 is 14.2 Å². The number of aromatic nitrogens is 1. The second-order valence-corrected chi connectivity index (χ2v) is 4.73. The summed E-state index contributed by atoms with van der Waals surface area (Å²) < 4.78 is 20.0. The summed E-state index contributed by atoms with van der Waals surface area (Å²) in [6.45, 7) is 4.50. The van der Waals surface area contributed by atoms with E-state index < -0.39 is 6.10 Å². The lowest BCUT2D eigenvalue weighted by molar-refractivity contribution is 0.115. The number of benzene rings is 1. The van der Waals surface area contributed by atoms with Crippen molar-refractivity contribution in [3.05, 3.63) is 53.6 Å². The number of nitrogens with zero attached hydrogens (tertiary/aromatic N) is 1. The van der Waals surface area contributed by atoms with E-state index in [1.807, 2.05) is 30.7 Å². The first-order chi connectivity index (χ1) is 9.56. The van der Waals surface area contributed by atoms with Gasteiger partial charge >= 0.3 is 0 Å². The van der Waals surface area contributed by atoms with E-state index in [4.69, 9.17) is 4.74 Å². The van der Waals surface area contributed by atoms with E-state index in [1.165, 1.54) is 24.3 Å². The monoisotopic (exact) mass is 278 g/mol. The quantitative estimate of drug-likeness (QED) is 0.852. The van der Waals surface area contributed by atoms with Crippen molar-refractivity contribution >= 4 is 0 Å². The highest BCUT2D eigenvalue weighted by Crippen LogP contribution is 2.11. The first-order valence-electron chi connectivity index (χ1n) is 6.51. The van der Waals surface area contributed by atoms with E-state index in [9.17, 15) is 9.50 Å². The summed E-state index contributed by atoms with van der Waals surface area (Å²) in [4.78, 5) is 0. The molecule has 0 amide bonds. The van der Waals surface area contributed by atoms with Crippen molar-refractivity contribution in [1.29, 1.82) is 0 Å². The fourth-order valence-corrected chi connectivity index (χ4v) is 1.90. The Bertz CT molecular complexity index is 532. The smallest absolute Gasteiger partial charge is 0.123 e. The zero-order valence-corrected chi connectivity index (χ0v) is 11.6. The van der Waals surface area contributed by atoms with Crippen LogP contribution in [0.1, 0.15) is 11.4 Å². The van der Waals surface area contributed by atoms with Crippen LogP contribution in [-0.4, -0.2) is 29.0 Å². The zero-order valence-electron chi connectivity index (χ0n) is 11.6. The molecule has 0 aliphatic carbocycles. The molecule has 1 heterocycles. The van der Waals surface area contributed by atoms with Gasteiger partial charge < -0.3 is 15.3 Å². The fourth-order valence-electron chi connectivity index (χ4n) is 1.90. The number of rotatable bonds is 6. The Balaban J connectivity index is 1.78. The fraction of sp³-hybridized carbons (Fsp3) is 0.333. The Morgan fingerprint density at radius 3 is 2.35 bits per heavy atom. The third-order valence-corrected chi connectivity index (χ3v) is 3.01. The van der Waals surface area contributed by atoms with Crippen LogP contribution in [0.4, 0.5) is 4.39 Å². The topological polar surface area (TPSA) is 46.4 Å². The first-order valence-corrected chi connectivity index (χ1v) is 6.51. The van der Waals surface area contributed by atoms with E-state index >= 15 is 0 Å². The third kappa shape index (κ3) is 3.74.